The summed E-state index contributed by atoms with van der Waals surface area (Å²) < 4.78 is -0.0162. The zero-order chi connectivity index (χ0) is 28.4. The molecule has 0 spiro atoms. The molecule has 6 N–H and O–H groups in total. The Kier molecular flexibility index (Phi) is 31.4. The third-order valence-electron chi connectivity index (χ3n) is 3.23. The van der Waals surface area contributed by atoms with Crippen molar-refractivity contribution < 1.29 is 43.8 Å². The number of aliphatic carboxylic acids is 2. The lowest BCUT2D eigenvalue weighted by atomic mass is 10.4. The largest absolute Gasteiger partial charge is 0.481 e. The summed E-state index contributed by atoms with van der Waals surface area (Å²) >= 11 is 12.0. The summed E-state index contributed by atoms with van der Waals surface area (Å²) in [5.74, 6) is -3.07. The third-order valence-corrected chi connectivity index (χ3v) is 5.56. The van der Waals surface area contributed by atoms with E-state index in [0.29, 0.717) is 23.5 Å². The summed E-state index contributed by atoms with van der Waals surface area (Å²) in [7, 11) is 0. The van der Waals surface area contributed by atoms with E-state index < -0.39 is 29.7 Å². The standard InChI is InChI=1S/C9H13BrN2O4.C5H10BrNO2.C3H7NO2.C2H2Br2O/c10-4-6-11-5-3-9(15)16-12-7(13)1-2-8(12)14;6-2-4-7-3-1-5(8)9;4-2-1-3(5)6;3-1-2(4)5/h11H,1-6H2;7H,1-4H2,(H,8,9);1-2,4H2,(H,5,6);1H2. The molecular formula is C19H32Br4N4O9. The number of nitrogens with one attached hydrogen (secondary N) is 2. The van der Waals surface area contributed by atoms with Crippen LogP contribution in [0.2, 0.25) is 0 Å². The Hall–Kier alpha value is -0.980. The average Bonchev–Trinajstić information content (AvgIpc) is 3.12. The minimum Gasteiger partial charge on any atom is -0.481 e. The molecule has 13 nitrogen and oxygen atoms in total. The lowest BCUT2D eigenvalue weighted by molar-refractivity contribution is -0.197. The van der Waals surface area contributed by atoms with Gasteiger partial charge in [-0.1, -0.05) is 47.8 Å². The number of carboxylic acid groups (broad SMARTS) is 2. The second-order valence-electron chi connectivity index (χ2n) is 6.24. The first-order valence-corrected chi connectivity index (χ1v) is 14.6. The van der Waals surface area contributed by atoms with E-state index in [1.807, 2.05) is 0 Å². The smallest absolute Gasteiger partial charge is 0.334 e. The van der Waals surface area contributed by atoms with Crippen LogP contribution in [0.25, 0.3) is 0 Å². The Balaban J connectivity index is -0.000000459. The molecule has 2 amide bonds. The maximum atomic E-state index is 11.2. The summed E-state index contributed by atoms with van der Waals surface area (Å²) in [5.41, 5.74) is 4.85. The Morgan fingerprint density at radius 1 is 0.833 bits per heavy atom. The lowest BCUT2D eigenvalue weighted by Crippen LogP contribution is -2.33. The number of nitrogens with zero attached hydrogens (tertiary/aromatic N) is 1. The van der Waals surface area contributed by atoms with Crippen LogP contribution in [-0.2, 0) is 33.6 Å². The molecule has 0 aromatic rings. The molecule has 0 saturated carbocycles. The number of halogens is 4. The quantitative estimate of drug-likeness (QED) is 0.0729. The highest BCUT2D eigenvalue weighted by Crippen LogP contribution is 2.12. The van der Waals surface area contributed by atoms with E-state index in [9.17, 15) is 28.8 Å². The van der Waals surface area contributed by atoms with E-state index in [1.54, 1.807) is 0 Å². The first-order chi connectivity index (χ1) is 17.0. The zero-order valence-electron chi connectivity index (χ0n) is 19.5. The van der Waals surface area contributed by atoms with Crippen LogP contribution in [0.4, 0.5) is 0 Å². The molecular weight excluding hydrogens is 748 g/mol. The number of alkyl halides is 3. The normalized spacial score (nSPS) is 11.8. The van der Waals surface area contributed by atoms with Crippen LogP contribution in [-0.4, -0.2) is 98.4 Å². The van der Waals surface area contributed by atoms with E-state index >= 15 is 0 Å². The number of hydrogen-bond donors (Lipinski definition) is 5. The molecule has 1 rings (SSSR count). The minimum atomic E-state index is -0.836. The van der Waals surface area contributed by atoms with Crippen molar-refractivity contribution in [3.05, 3.63) is 0 Å². The van der Waals surface area contributed by atoms with Crippen molar-refractivity contribution >= 4 is 98.1 Å². The Morgan fingerprint density at radius 3 is 1.56 bits per heavy atom. The maximum Gasteiger partial charge on any atom is 0.334 e. The number of imide groups is 1. The van der Waals surface area contributed by atoms with Crippen molar-refractivity contribution in [3.8, 4) is 0 Å². The molecule has 0 aromatic heterocycles. The molecule has 36 heavy (non-hydrogen) atoms. The highest BCUT2D eigenvalue weighted by molar-refractivity contribution is 9.19. The number of carbonyl (C=O) groups is 6. The molecule has 0 unspecified atom stereocenters. The van der Waals surface area contributed by atoms with Gasteiger partial charge in [-0.3, -0.25) is 24.0 Å². The molecule has 0 atom stereocenters. The Labute approximate surface area is 243 Å². The van der Waals surface area contributed by atoms with Gasteiger partial charge in [-0.2, -0.15) is 0 Å². The average molecular weight is 780 g/mol. The van der Waals surface area contributed by atoms with Crippen molar-refractivity contribution in [2.45, 2.75) is 32.1 Å². The number of amides is 2. The fourth-order valence-electron chi connectivity index (χ4n) is 1.70. The maximum absolute atomic E-state index is 11.2. The summed E-state index contributed by atoms with van der Waals surface area (Å²) in [6.45, 7) is 2.82. The summed E-state index contributed by atoms with van der Waals surface area (Å²) in [4.78, 5) is 67.2. The highest BCUT2D eigenvalue weighted by Gasteiger charge is 2.32. The molecule has 0 aromatic carbocycles. The summed E-state index contributed by atoms with van der Waals surface area (Å²) in [6.07, 6.45) is 0.638. The molecule has 1 heterocycles. The Bertz CT molecular complexity index is 657. The first-order valence-electron chi connectivity index (χ1n) is 10.4. The van der Waals surface area contributed by atoms with Gasteiger partial charge in [0.05, 0.1) is 24.6 Å². The van der Waals surface area contributed by atoms with Gasteiger partial charge in [-0.15, -0.1) is 5.06 Å². The van der Waals surface area contributed by atoms with Crippen molar-refractivity contribution in [1.82, 2.24) is 15.7 Å². The number of nitrogens with two attached hydrogens (primary N) is 1. The van der Waals surface area contributed by atoms with E-state index in [4.69, 9.17) is 15.9 Å². The summed E-state index contributed by atoms with van der Waals surface area (Å²) in [6, 6.07) is 0. The SMILES string of the molecule is NCCC(=O)O.O=C(Br)CBr.O=C(CCNCCBr)ON1C(=O)CCC1=O.O=C(O)CCNCCBr. The monoisotopic (exact) mass is 776 g/mol. The van der Waals surface area contributed by atoms with Gasteiger partial charge in [0.15, 0.2) is 0 Å². The number of rotatable bonds is 14. The Morgan fingerprint density at radius 2 is 1.25 bits per heavy atom. The molecule has 210 valence electrons. The predicted octanol–water partition coefficient (Wildman–Crippen LogP) is 1.14. The highest BCUT2D eigenvalue weighted by atomic mass is 79.9. The van der Waals surface area contributed by atoms with Crippen molar-refractivity contribution in [1.29, 1.82) is 0 Å². The fraction of sp³-hybridized carbons (Fsp3) is 0.684. The molecule has 0 aliphatic carbocycles. The van der Waals surface area contributed by atoms with Gasteiger partial charge in [0.25, 0.3) is 11.8 Å². The van der Waals surface area contributed by atoms with Crippen molar-refractivity contribution in [2.24, 2.45) is 5.73 Å². The van der Waals surface area contributed by atoms with Gasteiger partial charge in [0.1, 0.15) is 0 Å². The van der Waals surface area contributed by atoms with E-state index in [0.717, 1.165) is 23.7 Å². The number of carbonyl (C=O) groups excluding carboxylic acids is 4. The van der Waals surface area contributed by atoms with E-state index in [-0.39, 0.29) is 43.3 Å². The van der Waals surface area contributed by atoms with Crippen molar-refractivity contribution in [2.75, 3.05) is 48.7 Å². The third kappa shape index (κ3) is 31.1. The van der Waals surface area contributed by atoms with E-state index in [1.165, 1.54) is 0 Å². The van der Waals surface area contributed by atoms with Gasteiger partial charge in [-0.25, -0.2) is 4.79 Å². The number of hydrogen-bond acceptors (Lipinski definition) is 10. The molecule has 1 saturated heterocycles. The van der Waals surface area contributed by atoms with Crippen LogP contribution in [0.5, 0.6) is 0 Å². The van der Waals surface area contributed by atoms with E-state index in [2.05, 4.69) is 79.2 Å². The van der Waals surface area contributed by atoms with Gasteiger partial charge >= 0.3 is 17.9 Å². The second-order valence-corrected chi connectivity index (χ2v) is 9.27. The fourth-order valence-corrected chi connectivity index (χ4v) is 2.26. The second kappa shape index (κ2) is 28.6. The predicted molar refractivity (Wildman–Crippen MR) is 146 cm³/mol. The topological polar surface area (TPSA) is 205 Å². The van der Waals surface area contributed by atoms with Crippen molar-refractivity contribution in [3.63, 3.8) is 0 Å². The van der Waals surface area contributed by atoms with Crippen LogP contribution in [0.15, 0.2) is 0 Å². The van der Waals surface area contributed by atoms with Crippen LogP contribution in [0.3, 0.4) is 0 Å². The molecule has 0 radical (unpaired) electrons. The number of carboxylic acids is 2. The van der Waals surface area contributed by atoms with Crippen LogP contribution in [0.1, 0.15) is 32.1 Å². The lowest BCUT2D eigenvalue weighted by Gasteiger charge is -2.12. The van der Waals surface area contributed by atoms with Gasteiger partial charge < -0.3 is 31.4 Å². The van der Waals surface area contributed by atoms with Gasteiger partial charge in [-0.05, 0) is 15.9 Å². The number of hydroxylamine groups is 2. The summed E-state index contributed by atoms with van der Waals surface area (Å²) in [5, 5.41) is 24.5. The first kappa shape index (κ1) is 39.5. The van der Waals surface area contributed by atoms with Crippen LogP contribution in [0, 0.1) is 0 Å². The molecule has 0 bridgehead atoms. The van der Waals surface area contributed by atoms with Gasteiger partial charge in [0, 0.05) is 56.2 Å². The minimum absolute atomic E-state index is 0.0162. The van der Waals surface area contributed by atoms with Gasteiger partial charge in [0.2, 0.25) is 4.69 Å². The van der Waals surface area contributed by atoms with Crippen LogP contribution >= 0.6 is 63.7 Å². The molecule has 1 fully saturated rings. The zero-order valence-corrected chi connectivity index (χ0v) is 25.8. The molecule has 17 heteroatoms. The molecule has 1 aliphatic rings. The van der Waals surface area contributed by atoms with Crippen LogP contribution < -0.4 is 16.4 Å². The molecule has 1 aliphatic heterocycles.